The molecule has 2 rings (SSSR count). The molecular formula is C12H11N3O5S. The number of sulfonamides is 1. The van der Waals surface area contributed by atoms with Crippen LogP contribution in [0.25, 0.3) is 0 Å². The van der Waals surface area contributed by atoms with Gasteiger partial charge in [0.05, 0.1) is 12.0 Å². The Morgan fingerprint density at radius 3 is 2.57 bits per heavy atom. The van der Waals surface area contributed by atoms with E-state index in [9.17, 15) is 18.3 Å². The minimum absolute atomic E-state index is 0.106. The van der Waals surface area contributed by atoms with E-state index >= 15 is 0 Å². The molecule has 0 aliphatic heterocycles. The van der Waals surface area contributed by atoms with Crippen LogP contribution >= 0.6 is 0 Å². The molecule has 0 atom stereocenters. The van der Waals surface area contributed by atoms with Crippen LogP contribution in [-0.2, 0) is 14.8 Å². The third-order valence-corrected chi connectivity index (χ3v) is 3.80. The monoisotopic (exact) mass is 309 g/mol. The number of esters is 1. The number of aromatic nitrogens is 2. The number of carbonyl (C=O) groups excluding carboxylic acids is 1. The van der Waals surface area contributed by atoms with E-state index in [1.165, 1.54) is 18.5 Å². The van der Waals surface area contributed by atoms with Crippen LogP contribution in [0.3, 0.4) is 0 Å². The number of nitrogens with one attached hydrogen (secondary N) is 1. The maximum atomic E-state index is 12.2. The first-order valence-corrected chi connectivity index (χ1v) is 7.13. The standard InChI is InChI=1S/C12H11N3O5S/c1-20-11(17)9-7-8(3-4-10(9)16)21(18,19)15-12-13-5-2-6-14-12/h2-7,16H,1H3,(H,13,14,15). The smallest absolute Gasteiger partial charge is 0.341 e. The van der Waals surface area contributed by atoms with E-state index in [2.05, 4.69) is 19.4 Å². The highest BCUT2D eigenvalue weighted by Crippen LogP contribution is 2.23. The predicted molar refractivity (Wildman–Crippen MR) is 72.3 cm³/mol. The second-order valence-corrected chi connectivity index (χ2v) is 5.53. The Morgan fingerprint density at radius 2 is 1.95 bits per heavy atom. The highest BCUT2D eigenvalue weighted by Gasteiger charge is 2.20. The third-order valence-electron chi connectivity index (χ3n) is 2.48. The fraction of sp³-hybridized carbons (Fsp3) is 0.0833. The zero-order valence-electron chi connectivity index (χ0n) is 10.8. The topological polar surface area (TPSA) is 118 Å². The zero-order valence-corrected chi connectivity index (χ0v) is 11.7. The van der Waals surface area contributed by atoms with Crippen LogP contribution in [0, 0.1) is 0 Å². The van der Waals surface area contributed by atoms with Gasteiger partial charge in [-0.1, -0.05) is 0 Å². The molecule has 1 aromatic heterocycles. The number of carbonyl (C=O) groups is 1. The largest absolute Gasteiger partial charge is 0.507 e. The molecule has 0 unspecified atom stereocenters. The van der Waals surface area contributed by atoms with Crippen molar-refractivity contribution in [1.82, 2.24) is 9.97 Å². The number of anilines is 1. The fourth-order valence-electron chi connectivity index (χ4n) is 1.49. The van der Waals surface area contributed by atoms with Crippen LogP contribution in [0.2, 0.25) is 0 Å². The van der Waals surface area contributed by atoms with E-state index in [1.807, 2.05) is 0 Å². The number of aromatic hydroxyl groups is 1. The van der Waals surface area contributed by atoms with E-state index < -0.39 is 16.0 Å². The summed E-state index contributed by atoms with van der Waals surface area (Å²) in [6, 6.07) is 4.78. The van der Waals surface area contributed by atoms with E-state index in [0.717, 1.165) is 25.3 Å². The van der Waals surface area contributed by atoms with Crippen molar-refractivity contribution in [3.63, 3.8) is 0 Å². The van der Waals surface area contributed by atoms with Gasteiger partial charge < -0.3 is 9.84 Å². The maximum Gasteiger partial charge on any atom is 0.341 e. The predicted octanol–water partition coefficient (Wildman–Crippen LogP) is 0.770. The van der Waals surface area contributed by atoms with Gasteiger partial charge in [-0.15, -0.1) is 0 Å². The van der Waals surface area contributed by atoms with Crippen molar-refractivity contribution >= 4 is 21.9 Å². The summed E-state index contributed by atoms with van der Waals surface area (Å²) in [4.78, 5) is 18.7. The fourth-order valence-corrected chi connectivity index (χ4v) is 2.47. The van der Waals surface area contributed by atoms with Crippen molar-refractivity contribution in [2.24, 2.45) is 0 Å². The van der Waals surface area contributed by atoms with Crippen LogP contribution < -0.4 is 4.72 Å². The average molecular weight is 309 g/mol. The highest BCUT2D eigenvalue weighted by atomic mass is 32.2. The van der Waals surface area contributed by atoms with Gasteiger partial charge in [0.1, 0.15) is 11.3 Å². The van der Waals surface area contributed by atoms with Gasteiger partial charge in [-0.25, -0.2) is 27.9 Å². The number of nitrogens with zero attached hydrogens (tertiary/aromatic N) is 2. The second kappa shape index (κ2) is 5.75. The molecule has 2 aromatic rings. The lowest BCUT2D eigenvalue weighted by Crippen LogP contribution is -2.15. The van der Waals surface area contributed by atoms with Gasteiger partial charge in [0, 0.05) is 12.4 Å². The van der Waals surface area contributed by atoms with Crippen molar-refractivity contribution in [3.8, 4) is 5.75 Å². The van der Waals surface area contributed by atoms with Crippen LogP contribution in [-0.4, -0.2) is 36.6 Å². The first-order valence-electron chi connectivity index (χ1n) is 5.65. The number of ether oxygens (including phenoxy) is 1. The molecule has 8 nitrogen and oxygen atoms in total. The van der Waals surface area contributed by atoms with E-state index in [-0.39, 0.29) is 22.2 Å². The number of hydrogen-bond acceptors (Lipinski definition) is 7. The maximum absolute atomic E-state index is 12.2. The molecule has 0 aliphatic rings. The second-order valence-electron chi connectivity index (χ2n) is 3.85. The Bertz CT molecular complexity index is 762. The van der Waals surface area contributed by atoms with Crippen molar-refractivity contribution in [2.75, 3.05) is 11.8 Å². The Labute approximate surface area is 120 Å². The minimum atomic E-state index is -3.99. The molecule has 21 heavy (non-hydrogen) atoms. The summed E-state index contributed by atoms with van der Waals surface area (Å²) in [5.41, 5.74) is -0.255. The van der Waals surface area contributed by atoms with Gasteiger partial charge in [0.2, 0.25) is 5.95 Å². The lowest BCUT2D eigenvalue weighted by Gasteiger charge is -2.08. The Kier molecular flexibility index (Phi) is 4.03. The van der Waals surface area contributed by atoms with Gasteiger partial charge in [-0.05, 0) is 24.3 Å². The lowest BCUT2D eigenvalue weighted by molar-refractivity contribution is 0.0597. The SMILES string of the molecule is COC(=O)c1cc(S(=O)(=O)Nc2ncccn2)ccc1O. The van der Waals surface area contributed by atoms with Crippen molar-refractivity contribution < 1.29 is 23.1 Å². The van der Waals surface area contributed by atoms with E-state index in [1.54, 1.807) is 0 Å². The van der Waals surface area contributed by atoms with Crippen molar-refractivity contribution in [2.45, 2.75) is 4.90 Å². The molecule has 0 saturated carbocycles. The average Bonchev–Trinajstić information content (AvgIpc) is 2.47. The van der Waals surface area contributed by atoms with Gasteiger partial charge in [-0.3, -0.25) is 0 Å². The third kappa shape index (κ3) is 3.26. The van der Waals surface area contributed by atoms with Gasteiger partial charge in [0.25, 0.3) is 10.0 Å². The summed E-state index contributed by atoms with van der Waals surface area (Å²) < 4.78 is 30.9. The van der Waals surface area contributed by atoms with Gasteiger partial charge in [0.15, 0.2) is 0 Å². The van der Waals surface area contributed by atoms with E-state index in [4.69, 9.17) is 0 Å². The Morgan fingerprint density at radius 1 is 1.29 bits per heavy atom. The molecular weight excluding hydrogens is 298 g/mol. The number of benzene rings is 1. The number of phenolic OH excluding ortho intramolecular Hbond substituents is 1. The molecule has 0 bridgehead atoms. The van der Waals surface area contributed by atoms with Crippen molar-refractivity contribution in [1.29, 1.82) is 0 Å². The summed E-state index contributed by atoms with van der Waals surface area (Å²) in [5.74, 6) is -1.33. The number of hydrogen-bond donors (Lipinski definition) is 2. The molecule has 0 spiro atoms. The van der Waals surface area contributed by atoms with Crippen LogP contribution in [0.5, 0.6) is 5.75 Å². The number of rotatable bonds is 4. The molecule has 1 heterocycles. The molecule has 0 radical (unpaired) electrons. The summed E-state index contributed by atoms with van der Waals surface area (Å²) in [6.07, 6.45) is 2.75. The molecule has 0 amide bonds. The lowest BCUT2D eigenvalue weighted by atomic mass is 10.2. The first kappa shape index (κ1) is 14.7. The minimum Gasteiger partial charge on any atom is -0.507 e. The number of methoxy groups -OCH3 is 1. The zero-order chi connectivity index (χ0) is 15.5. The Balaban J connectivity index is 2.39. The van der Waals surface area contributed by atoms with Crippen molar-refractivity contribution in [3.05, 3.63) is 42.2 Å². The summed E-state index contributed by atoms with van der Waals surface area (Å²) in [5, 5.41) is 9.55. The van der Waals surface area contributed by atoms with Crippen LogP contribution in [0.4, 0.5) is 5.95 Å². The highest BCUT2D eigenvalue weighted by molar-refractivity contribution is 7.92. The van der Waals surface area contributed by atoms with Gasteiger partial charge in [-0.2, -0.15) is 0 Å². The molecule has 0 saturated heterocycles. The molecule has 2 N–H and O–H groups in total. The summed E-state index contributed by atoms with van der Waals surface area (Å²) in [7, 11) is -2.86. The normalized spacial score (nSPS) is 10.9. The first-order chi connectivity index (χ1) is 9.94. The molecule has 110 valence electrons. The number of phenols is 1. The van der Waals surface area contributed by atoms with E-state index in [0.29, 0.717) is 0 Å². The van der Waals surface area contributed by atoms with Gasteiger partial charge >= 0.3 is 5.97 Å². The Hall–Kier alpha value is -2.68. The quantitative estimate of drug-likeness (QED) is 0.801. The molecule has 0 aliphatic carbocycles. The van der Waals surface area contributed by atoms with Crippen LogP contribution in [0.1, 0.15) is 10.4 Å². The molecule has 9 heteroatoms. The molecule has 1 aromatic carbocycles. The molecule has 0 fully saturated rings. The van der Waals surface area contributed by atoms with Crippen LogP contribution in [0.15, 0.2) is 41.6 Å². The summed E-state index contributed by atoms with van der Waals surface area (Å²) >= 11 is 0. The summed E-state index contributed by atoms with van der Waals surface area (Å²) in [6.45, 7) is 0.